The molecule has 1 amide bonds. The molecule has 0 saturated carbocycles. The Morgan fingerprint density at radius 3 is 2.45 bits per heavy atom. The minimum Gasteiger partial charge on any atom is -0.343 e. The Bertz CT molecular complexity index is 629. The van der Waals surface area contributed by atoms with E-state index in [0.29, 0.717) is 5.56 Å². The molecule has 0 radical (unpaired) electrons. The molecule has 0 spiro atoms. The summed E-state index contributed by atoms with van der Waals surface area (Å²) in [5, 5.41) is 3.89. The van der Waals surface area contributed by atoms with Crippen molar-refractivity contribution < 1.29 is 13.6 Å². The second kappa shape index (κ2) is 5.38. The third kappa shape index (κ3) is 2.53. The van der Waals surface area contributed by atoms with E-state index >= 15 is 0 Å². The minimum absolute atomic E-state index is 0.0393. The van der Waals surface area contributed by atoms with Crippen LogP contribution in [0.25, 0.3) is 5.69 Å². The van der Waals surface area contributed by atoms with Crippen molar-refractivity contribution in [2.45, 2.75) is 6.54 Å². The molecule has 2 aromatic rings. The molecule has 0 atom stereocenters. The molecule has 0 aliphatic rings. The summed E-state index contributed by atoms with van der Waals surface area (Å²) >= 11 is 0. The van der Waals surface area contributed by atoms with Crippen LogP contribution in [-0.2, 0) is 6.54 Å². The first-order chi connectivity index (χ1) is 9.43. The van der Waals surface area contributed by atoms with Crippen LogP contribution in [0.15, 0.2) is 24.4 Å². The van der Waals surface area contributed by atoms with Gasteiger partial charge in [0.05, 0.1) is 0 Å². The highest BCUT2D eigenvalue weighted by Gasteiger charge is 2.17. The summed E-state index contributed by atoms with van der Waals surface area (Å²) in [6.45, 7) is 0.0393. The van der Waals surface area contributed by atoms with Gasteiger partial charge in [0.15, 0.2) is 17.3 Å². The number of hydrogen-bond donors (Lipinski definition) is 1. The first-order valence-corrected chi connectivity index (χ1v) is 5.89. The van der Waals surface area contributed by atoms with E-state index in [1.807, 2.05) is 0 Å². The van der Waals surface area contributed by atoms with E-state index in [1.165, 1.54) is 17.2 Å². The van der Waals surface area contributed by atoms with Gasteiger partial charge in [0, 0.05) is 26.8 Å². The van der Waals surface area contributed by atoms with Gasteiger partial charge in [0.25, 0.3) is 5.91 Å². The van der Waals surface area contributed by atoms with Crippen LogP contribution in [0.2, 0.25) is 0 Å². The molecule has 0 saturated heterocycles. The standard InChI is InChI=1S/C13H14F2N4O/c1-18(2)13(20)11-3-4-19(17-11)12-9(14)5-8(7-16)6-10(12)15/h3-6H,7,16H2,1-2H3. The predicted octanol–water partition coefficient (Wildman–Crippen LogP) is 1.31. The summed E-state index contributed by atoms with van der Waals surface area (Å²) in [4.78, 5) is 13.0. The molecule has 2 rings (SSSR count). The number of hydrogen-bond acceptors (Lipinski definition) is 3. The second-order valence-corrected chi connectivity index (χ2v) is 4.46. The van der Waals surface area contributed by atoms with Crippen LogP contribution < -0.4 is 5.73 Å². The Morgan fingerprint density at radius 2 is 1.95 bits per heavy atom. The molecule has 20 heavy (non-hydrogen) atoms. The maximum absolute atomic E-state index is 13.9. The number of amides is 1. The summed E-state index contributed by atoms with van der Waals surface area (Å²) in [6, 6.07) is 3.69. The van der Waals surface area contributed by atoms with Crippen molar-refractivity contribution in [2.24, 2.45) is 5.73 Å². The Balaban J connectivity index is 2.45. The largest absolute Gasteiger partial charge is 0.343 e. The van der Waals surface area contributed by atoms with Crippen LogP contribution in [0.3, 0.4) is 0 Å². The molecule has 0 aliphatic heterocycles. The van der Waals surface area contributed by atoms with Crippen molar-refractivity contribution in [3.8, 4) is 5.69 Å². The first kappa shape index (κ1) is 14.1. The number of carbonyl (C=O) groups is 1. The van der Waals surface area contributed by atoms with E-state index < -0.39 is 11.6 Å². The van der Waals surface area contributed by atoms with Crippen LogP contribution in [0.5, 0.6) is 0 Å². The SMILES string of the molecule is CN(C)C(=O)c1ccn(-c2c(F)cc(CN)cc2F)n1. The molecule has 1 aromatic heterocycles. The summed E-state index contributed by atoms with van der Waals surface area (Å²) in [5.41, 5.74) is 5.47. The van der Waals surface area contributed by atoms with Crippen LogP contribution in [-0.4, -0.2) is 34.7 Å². The number of aromatic nitrogens is 2. The molecule has 106 valence electrons. The van der Waals surface area contributed by atoms with E-state index in [0.717, 1.165) is 16.8 Å². The second-order valence-electron chi connectivity index (χ2n) is 4.46. The average Bonchev–Trinajstić information content (AvgIpc) is 2.86. The maximum Gasteiger partial charge on any atom is 0.273 e. The number of rotatable bonds is 3. The molecule has 0 bridgehead atoms. The zero-order chi connectivity index (χ0) is 14.9. The highest BCUT2D eigenvalue weighted by Crippen LogP contribution is 2.19. The molecule has 1 heterocycles. The lowest BCUT2D eigenvalue weighted by Crippen LogP contribution is -2.22. The lowest BCUT2D eigenvalue weighted by Gasteiger charge is -2.08. The van der Waals surface area contributed by atoms with Gasteiger partial charge in [-0.3, -0.25) is 4.79 Å². The fraction of sp³-hybridized carbons (Fsp3) is 0.231. The van der Waals surface area contributed by atoms with Gasteiger partial charge < -0.3 is 10.6 Å². The summed E-state index contributed by atoms with van der Waals surface area (Å²) < 4.78 is 28.8. The summed E-state index contributed by atoms with van der Waals surface area (Å²) in [7, 11) is 3.14. The Morgan fingerprint density at radius 1 is 1.35 bits per heavy atom. The van der Waals surface area contributed by atoms with Gasteiger partial charge in [-0.05, 0) is 23.8 Å². The molecular formula is C13H14F2N4O. The van der Waals surface area contributed by atoms with Crippen molar-refractivity contribution in [1.82, 2.24) is 14.7 Å². The van der Waals surface area contributed by atoms with Gasteiger partial charge in [-0.1, -0.05) is 0 Å². The third-order valence-electron chi connectivity index (χ3n) is 2.76. The number of benzene rings is 1. The molecule has 5 nitrogen and oxygen atoms in total. The Hall–Kier alpha value is -2.28. The monoisotopic (exact) mass is 280 g/mol. The van der Waals surface area contributed by atoms with Crippen molar-refractivity contribution in [3.63, 3.8) is 0 Å². The van der Waals surface area contributed by atoms with Crippen molar-refractivity contribution in [3.05, 3.63) is 47.3 Å². The van der Waals surface area contributed by atoms with Crippen LogP contribution >= 0.6 is 0 Å². The van der Waals surface area contributed by atoms with E-state index in [-0.39, 0.29) is 23.8 Å². The Kier molecular flexibility index (Phi) is 3.80. The number of nitrogens with two attached hydrogens (primary N) is 1. The average molecular weight is 280 g/mol. The number of nitrogens with zero attached hydrogens (tertiary/aromatic N) is 3. The van der Waals surface area contributed by atoms with E-state index in [4.69, 9.17) is 5.73 Å². The number of carbonyl (C=O) groups excluding carboxylic acids is 1. The maximum atomic E-state index is 13.9. The lowest BCUT2D eigenvalue weighted by atomic mass is 10.2. The normalized spacial score (nSPS) is 10.7. The summed E-state index contributed by atoms with van der Waals surface area (Å²) in [5.74, 6) is -1.90. The topological polar surface area (TPSA) is 64.2 Å². The zero-order valence-corrected chi connectivity index (χ0v) is 11.1. The van der Waals surface area contributed by atoms with Crippen molar-refractivity contribution in [1.29, 1.82) is 0 Å². The fourth-order valence-corrected chi connectivity index (χ4v) is 1.75. The third-order valence-corrected chi connectivity index (χ3v) is 2.76. The number of halogens is 2. The first-order valence-electron chi connectivity index (χ1n) is 5.89. The van der Waals surface area contributed by atoms with E-state index in [1.54, 1.807) is 14.1 Å². The van der Waals surface area contributed by atoms with Crippen molar-refractivity contribution >= 4 is 5.91 Å². The fourth-order valence-electron chi connectivity index (χ4n) is 1.75. The van der Waals surface area contributed by atoms with Crippen molar-refractivity contribution in [2.75, 3.05) is 14.1 Å². The van der Waals surface area contributed by atoms with Gasteiger partial charge >= 0.3 is 0 Å². The van der Waals surface area contributed by atoms with Crippen LogP contribution in [0.4, 0.5) is 8.78 Å². The molecule has 7 heteroatoms. The summed E-state index contributed by atoms with van der Waals surface area (Å²) in [6.07, 6.45) is 1.33. The quantitative estimate of drug-likeness (QED) is 0.922. The van der Waals surface area contributed by atoms with Gasteiger partial charge in [0.1, 0.15) is 5.69 Å². The molecular weight excluding hydrogens is 266 g/mol. The Labute approximate surface area is 114 Å². The highest BCUT2D eigenvalue weighted by atomic mass is 19.1. The highest BCUT2D eigenvalue weighted by molar-refractivity contribution is 5.91. The lowest BCUT2D eigenvalue weighted by molar-refractivity contribution is 0.0821. The molecule has 1 aromatic carbocycles. The zero-order valence-electron chi connectivity index (χ0n) is 11.1. The molecule has 0 unspecified atom stereocenters. The van der Waals surface area contributed by atoms with Crippen LogP contribution in [0.1, 0.15) is 16.1 Å². The van der Waals surface area contributed by atoms with E-state index in [2.05, 4.69) is 5.10 Å². The van der Waals surface area contributed by atoms with Gasteiger partial charge in [-0.25, -0.2) is 13.5 Å². The van der Waals surface area contributed by atoms with E-state index in [9.17, 15) is 13.6 Å². The minimum atomic E-state index is -0.780. The predicted molar refractivity (Wildman–Crippen MR) is 69.4 cm³/mol. The van der Waals surface area contributed by atoms with Gasteiger partial charge in [-0.2, -0.15) is 5.10 Å². The van der Waals surface area contributed by atoms with Gasteiger partial charge in [-0.15, -0.1) is 0 Å². The van der Waals surface area contributed by atoms with Gasteiger partial charge in [0.2, 0.25) is 0 Å². The molecule has 0 fully saturated rings. The smallest absolute Gasteiger partial charge is 0.273 e. The molecule has 2 N–H and O–H groups in total. The molecule has 0 aliphatic carbocycles. The van der Waals surface area contributed by atoms with Crippen LogP contribution in [0, 0.1) is 11.6 Å².